The zero-order valence-corrected chi connectivity index (χ0v) is 31.3. The van der Waals surface area contributed by atoms with E-state index in [2.05, 4.69) is 82.2 Å². The topological polar surface area (TPSA) is 72.8 Å². The van der Waals surface area contributed by atoms with Crippen molar-refractivity contribution in [3.63, 3.8) is 0 Å². The highest BCUT2D eigenvalue weighted by Crippen LogP contribution is 2.76. The number of carboxylic acids is 1. The van der Waals surface area contributed by atoms with E-state index in [0.717, 1.165) is 44.9 Å². The van der Waals surface area contributed by atoms with Crippen LogP contribution in [0, 0.1) is 73.9 Å². The molecule has 0 aromatic carbocycles. The van der Waals surface area contributed by atoms with Crippen LogP contribution in [0.3, 0.4) is 0 Å². The molecule has 0 aromatic heterocycles. The van der Waals surface area contributed by atoms with Gasteiger partial charge in [0.05, 0.1) is 11.5 Å². The smallest absolute Gasteiger partial charge is 0.310 e. The SMILES string of the molecule is CC(=O)C1OC(O[C@H]2CCC3(C)C4CC=C5C6CC(C)(C)CC[C@]6(C(=O)O)C(C)C[C@@]5(C)[C@@]4(C)CC[C@H]3C2(C)C)C(C)[C@H](C)[C@@H]1C. The average Bonchev–Trinajstić information content (AvgIpc) is 2.94. The lowest BCUT2D eigenvalue weighted by Crippen LogP contribution is -2.66. The van der Waals surface area contributed by atoms with Crippen molar-refractivity contribution < 1.29 is 24.2 Å². The van der Waals surface area contributed by atoms with Crippen molar-refractivity contribution in [3.05, 3.63) is 11.6 Å². The molecule has 1 aliphatic heterocycles. The zero-order valence-electron chi connectivity index (χ0n) is 31.3. The van der Waals surface area contributed by atoms with Crippen LogP contribution in [0.1, 0.15) is 141 Å². The van der Waals surface area contributed by atoms with E-state index in [1.165, 1.54) is 18.4 Å². The molecule has 0 bridgehead atoms. The van der Waals surface area contributed by atoms with Crippen LogP contribution in [0.4, 0.5) is 0 Å². The number of Topliss-reactive ketones (excluding diaryl/α,β-unsaturated/α-hetero) is 1. The number of aliphatic carboxylic acids is 1. The number of carbonyl (C=O) groups excluding carboxylic acids is 1. The van der Waals surface area contributed by atoms with Gasteiger partial charge in [-0.15, -0.1) is 0 Å². The third kappa shape index (κ3) is 4.58. The first-order valence-electron chi connectivity index (χ1n) is 18.9. The summed E-state index contributed by atoms with van der Waals surface area (Å²) in [5.41, 5.74) is 1.35. The fraction of sp³-hybridized carbons (Fsp3) is 0.902. The molecule has 4 saturated carbocycles. The molecule has 5 aliphatic carbocycles. The van der Waals surface area contributed by atoms with E-state index in [4.69, 9.17) is 9.47 Å². The second kappa shape index (κ2) is 10.9. The highest BCUT2D eigenvalue weighted by molar-refractivity contribution is 5.81. The molecule has 1 heterocycles. The molecular formula is C41H66O5. The molecule has 1 N–H and O–H groups in total. The fourth-order valence-electron chi connectivity index (χ4n) is 13.6. The number of carboxylic acid groups (broad SMARTS) is 1. The molecule has 1 saturated heterocycles. The van der Waals surface area contributed by atoms with Gasteiger partial charge in [0, 0.05) is 5.92 Å². The van der Waals surface area contributed by atoms with Crippen LogP contribution < -0.4 is 0 Å². The standard InChI is InChI=1S/C41H66O5/c1-23-21-40(12)28(29-22-36(6,7)19-20-41(23,29)35(43)44)13-14-31-38(10)17-16-32(37(8,9)30(38)15-18-39(31,40)11)45-34-26(4)24(2)25(3)33(46-34)27(5)42/h13,23-26,29-34H,14-22H2,1-12H3,(H,43,44)/t23?,24-,25+,26?,29?,30+,31?,32+,33?,34?,38?,39+,40-,41+/m1/s1. The van der Waals surface area contributed by atoms with Crippen molar-refractivity contribution in [1.82, 2.24) is 0 Å². The van der Waals surface area contributed by atoms with E-state index >= 15 is 0 Å². The number of allylic oxidation sites excluding steroid dienone is 2. The van der Waals surface area contributed by atoms with Gasteiger partial charge in [-0.05, 0) is 127 Å². The van der Waals surface area contributed by atoms with Crippen LogP contribution in [-0.2, 0) is 19.1 Å². The van der Waals surface area contributed by atoms with Gasteiger partial charge < -0.3 is 14.6 Å². The first kappa shape index (κ1) is 34.7. The van der Waals surface area contributed by atoms with E-state index in [1.807, 2.05) is 0 Å². The molecule has 0 amide bonds. The van der Waals surface area contributed by atoms with Gasteiger partial charge in [0.15, 0.2) is 12.1 Å². The quantitative estimate of drug-likeness (QED) is 0.245. The van der Waals surface area contributed by atoms with Crippen molar-refractivity contribution in [2.24, 2.45) is 73.9 Å². The van der Waals surface area contributed by atoms with E-state index in [1.54, 1.807) is 6.92 Å². The number of ether oxygens (including phenoxy) is 2. The van der Waals surface area contributed by atoms with Crippen LogP contribution in [-0.4, -0.2) is 35.4 Å². The fourth-order valence-corrected chi connectivity index (χ4v) is 13.6. The second-order valence-electron chi connectivity index (χ2n) is 19.8. The van der Waals surface area contributed by atoms with Gasteiger partial charge in [0.2, 0.25) is 0 Å². The Morgan fingerprint density at radius 3 is 2.15 bits per heavy atom. The van der Waals surface area contributed by atoms with Gasteiger partial charge in [-0.25, -0.2) is 0 Å². The molecule has 46 heavy (non-hydrogen) atoms. The Labute approximate surface area is 280 Å². The van der Waals surface area contributed by atoms with Crippen LogP contribution in [0.5, 0.6) is 0 Å². The Bertz CT molecular complexity index is 1280. The highest BCUT2D eigenvalue weighted by atomic mass is 16.7. The van der Waals surface area contributed by atoms with Crippen molar-refractivity contribution >= 4 is 11.8 Å². The van der Waals surface area contributed by atoms with Crippen LogP contribution >= 0.6 is 0 Å². The maximum atomic E-state index is 13.2. The molecule has 0 spiro atoms. The Kier molecular flexibility index (Phi) is 8.21. The summed E-state index contributed by atoms with van der Waals surface area (Å²) in [6.07, 6.45) is 11.3. The molecule has 5 fully saturated rings. The lowest BCUT2D eigenvalue weighted by molar-refractivity contribution is -0.293. The molecule has 6 aliphatic rings. The van der Waals surface area contributed by atoms with Crippen LogP contribution in [0.2, 0.25) is 0 Å². The summed E-state index contributed by atoms with van der Waals surface area (Å²) >= 11 is 0. The summed E-state index contributed by atoms with van der Waals surface area (Å²) in [6.45, 7) is 27.9. The van der Waals surface area contributed by atoms with Crippen molar-refractivity contribution in [2.75, 3.05) is 0 Å². The molecule has 260 valence electrons. The first-order chi connectivity index (χ1) is 21.2. The van der Waals surface area contributed by atoms with Gasteiger partial charge >= 0.3 is 5.97 Å². The second-order valence-corrected chi connectivity index (χ2v) is 19.8. The number of rotatable bonds is 4. The van der Waals surface area contributed by atoms with E-state index in [9.17, 15) is 14.7 Å². The molecule has 5 heteroatoms. The third-order valence-electron chi connectivity index (χ3n) is 17.0. The predicted octanol–water partition coefficient (Wildman–Crippen LogP) is 9.73. The zero-order chi connectivity index (χ0) is 34.0. The molecule has 6 rings (SSSR count). The average molecular weight is 639 g/mol. The summed E-state index contributed by atoms with van der Waals surface area (Å²) in [7, 11) is 0. The molecule has 5 nitrogen and oxygen atoms in total. The number of ketones is 1. The van der Waals surface area contributed by atoms with Gasteiger partial charge in [0.25, 0.3) is 0 Å². The molecule has 14 atom stereocenters. The first-order valence-corrected chi connectivity index (χ1v) is 18.9. The van der Waals surface area contributed by atoms with Crippen molar-refractivity contribution in [2.45, 2.75) is 159 Å². The van der Waals surface area contributed by atoms with E-state index in [0.29, 0.717) is 17.8 Å². The Morgan fingerprint density at radius 2 is 1.52 bits per heavy atom. The monoisotopic (exact) mass is 638 g/mol. The number of fused-ring (bicyclic) bond motifs is 7. The summed E-state index contributed by atoms with van der Waals surface area (Å²) < 4.78 is 13.5. The van der Waals surface area contributed by atoms with Gasteiger partial charge in [0.1, 0.15) is 6.10 Å². The Hall–Kier alpha value is -1.20. The maximum Gasteiger partial charge on any atom is 0.310 e. The number of hydrogen-bond acceptors (Lipinski definition) is 4. The van der Waals surface area contributed by atoms with E-state index in [-0.39, 0.29) is 75.0 Å². The summed E-state index contributed by atoms with van der Waals surface area (Å²) in [5, 5.41) is 10.9. The Morgan fingerprint density at radius 1 is 0.848 bits per heavy atom. The van der Waals surface area contributed by atoms with Crippen molar-refractivity contribution in [1.29, 1.82) is 0 Å². The Balaban J connectivity index is 1.31. The molecule has 0 aromatic rings. The number of hydrogen-bond donors (Lipinski definition) is 1. The predicted molar refractivity (Wildman–Crippen MR) is 183 cm³/mol. The van der Waals surface area contributed by atoms with Crippen molar-refractivity contribution in [3.8, 4) is 0 Å². The molecular weight excluding hydrogens is 572 g/mol. The van der Waals surface area contributed by atoms with Gasteiger partial charge in [-0.2, -0.15) is 0 Å². The van der Waals surface area contributed by atoms with Crippen LogP contribution in [0.15, 0.2) is 11.6 Å². The minimum absolute atomic E-state index is 0.0117. The summed E-state index contributed by atoms with van der Waals surface area (Å²) in [6, 6.07) is 0. The molecule has 0 radical (unpaired) electrons. The lowest BCUT2D eigenvalue weighted by atomic mass is 9.32. The largest absolute Gasteiger partial charge is 0.481 e. The van der Waals surface area contributed by atoms with Gasteiger partial charge in [-0.1, -0.05) is 87.8 Å². The maximum absolute atomic E-state index is 13.2. The minimum Gasteiger partial charge on any atom is -0.481 e. The van der Waals surface area contributed by atoms with Gasteiger partial charge in [-0.3, -0.25) is 9.59 Å². The number of carbonyl (C=O) groups is 2. The summed E-state index contributed by atoms with van der Waals surface area (Å²) in [5.74, 6) is 1.72. The third-order valence-corrected chi connectivity index (χ3v) is 17.0. The summed E-state index contributed by atoms with van der Waals surface area (Å²) in [4.78, 5) is 25.7. The van der Waals surface area contributed by atoms with Crippen LogP contribution in [0.25, 0.3) is 0 Å². The lowest BCUT2D eigenvalue weighted by Gasteiger charge is -2.72. The minimum atomic E-state index is -0.627. The van der Waals surface area contributed by atoms with E-state index < -0.39 is 11.4 Å². The highest BCUT2D eigenvalue weighted by Gasteiger charge is 2.70. The normalized spacial score (nSPS) is 52.7. The molecule has 7 unspecified atom stereocenters.